The Morgan fingerprint density at radius 3 is 2.30 bits per heavy atom. The molecule has 0 unspecified atom stereocenters. The van der Waals surface area contributed by atoms with E-state index in [1.807, 2.05) is 18.2 Å². The highest BCUT2D eigenvalue weighted by atomic mass is 16.5. The van der Waals surface area contributed by atoms with Crippen molar-refractivity contribution in [3.63, 3.8) is 0 Å². The van der Waals surface area contributed by atoms with Crippen LogP contribution in [0.15, 0.2) is 36.7 Å². The van der Waals surface area contributed by atoms with E-state index in [9.17, 15) is 0 Å². The summed E-state index contributed by atoms with van der Waals surface area (Å²) >= 11 is 0. The van der Waals surface area contributed by atoms with E-state index >= 15 is 0 Å². The molecule has 0 amide bonds. The molecule has 0 spiro atoms. The number of piperazine rings is 1. The lowest BCUT2D eigenvalue weighted by molar-refractivity contribution is 0.248. The average Bonchev–Trinajstić information content (AvgIpc) is 2.63. The number of methoxy groups -OCH3 is 2. The minimum Gasteiger partial charge on any atom is -0.493 e. The lowest BCUT2D eigenvalue weighted by Crippen LogP contribution is -2.46. The van der Waals surface area contributed by atoms with Crippen molar-refractivity contribution < 1.29 is 9.47 Å². The van der Waals surface area contributed by atoms with Gasteiger partial charge in [-0.1, -0.05) is 6.07 Å². The van der Waals surface area contributed by atoms with Crippen molar-refractivity contribution in [3.8, 4) is 11.5 Å². The second-order valence-corrected chi connectivity index (χ2v) is 5.50. The summed E-state index contributed by atoms with van der Waals surface area (Å²) in [5, 5.41) is 0. The Morgan fingerprint density at radius 2 is 1.65 bits per heavy atom. The quantitative estimate of drug-likeness (QED) is 0.839. The molecule has 1 aromatic carbocycles. The second kappa shape index (κ2) is 7.28. The molecule has 0 atom stereocenters. The fraction of sp³-hybridized carbons (Fsp3) is 0.412. The molecule has 122 valence electrons. The van der Waals surface area contributed by atoms with Gasteiger partial charge in [0.25, 0.3) is 0 Å². The van der Waals surface area contributed by atoms with Crippen LogP contribution in [-0.2, 0) is 6.54 Å². The molecule has 6 nitrogen and oxygen atoms in total. The normalized spacial score (nSPS) is 15.5. The number of benzene rings is 1. The number of rotatable bonds is 5. The van der Waals surface area contributed by atoms with Crippen molar-refractivity contribution in [1.82, 2.24) is 14.9 Å². The van der Waals surface area contributed by atoms with Crippen LogP contribution < -0.4 is 14.4 Å². The summed E-state index contributed by atoms with van der Waals surface area (Å²) in [6.07, 6.45) is 3.58. The lowest BCUT2D eigenvalue weighted by Gasteiger charge is -2.34. The third-order valence-corrected chi connectivity index (χ3v) is 4.06. The summed E-state index contributed by atoms with van der Waals surface area (Å²) in [7, 11) is 3.32. The van der Waals surface area contributed by atoms with Gasteiger partial charge in [0, 0.05) is 45.1 Å². The molecule has 0 bridgehead atoms. The van der Waals surface area contributed by atoms with E-state index in [1.165, 1.54) is 5.56 Å². The SMILES string of the molecule is COc1ccc(CN2CCN(c3ncccn3)CC2)cc1OC. The largest absolute Gasteiger partial charge is 0.493 e. The number of ether oxygens (including phenoxy) is 2. The lowest BCUT2D eigenvalue weighted by atomic mass is 10.1. The van der Waals surface area contributed by atoms with Gasteiger partial charge in [0.1, 0.15) is 0 Å². The van der Waals surface area contributed by atoms with Crippen LogP contribution in [0, 0.1) is 0 Å². The molecule has 1 aliphatic rings. The van der Waals surface area contributed by atoms with Crippen LogP contribution in [-0.4, -0.2) is 55.3 Å². The smallest absolute Gasteiger partial charge is 0.225 e. The first-order valence-corrected chi connectivity index (χ1v) is 7.75. The average molecular weight is 314 g/mol. The van der Waals surface area contributed by atoms with Crippen LogP contribution in [0.3, 0.4) is 0 Å². The number of nitrogens with zero attached hydrogens (tertiary/aromatic N) is 4. The number of anilines is 1. The zero-order chi connectivity index (χ0) is 16.1. The summed E-state index contributed by atoms with van der Waals surface area (Å²) in [6.45, 7) is 4.78. The first kappa shape index (κ1) is 15.6. The zero-order valence-electron chi connectivity index (χ0n) is 13.6. The molecule has 0 aliphatic carbocycles. The van der Waals surface area contributed by atoms with Gasteiger partial charge in [0.05, 0.1) is 14.2 Å². The summed E-state index contributed by atoms with van der Waals surface area (Å²) in [6, 6.07) is 7.94. The van der Waals surface area contributed by atoms with Crippen LogP contribution in [0.1, 0.15) is 5.56 Å². The van der Waals surface area contributed by atoms with Crippen molar-refractivity contribution in [2.24, 2.45) is 0 Å². The third-order valence-electron chi connectivity index (χ3n) is 4.06. The first-order chi connectivity index (χ1) is 11.3. The Morgan fingerprint density at radius 1 is 0.957 bits per heavy atom. The fourth-order valence-corrected chi connectivity index (χ4v) is 2.80. The molecule has 1 aliphatic heterocycles. The zero-order valence-corrected chi connectivity index (χ0v) is 13.6. The Labute approximate surface area is 136 Å². The van der Waals surface area contributed by atoms with Crippen LogP contribution in [0.25, 0.3) is 0 Å². The molecule has 0 saturated carbocycles. The molecular formula is C17H22N4O2. The Balaban J connectivity index is 1.58. The van der Waals surface area contributed by atoms with Gasteiger partial charge >= 0.3 is 0 Å². The van der Waals surface area contributed by atoms with Crippen molar-refractivity contribution in [3.05, 3.63) is 42.2 Å². The van der Waals surface area contributed by atoms with Crippen molar-refractivity contribution in [1.29, 1.82) is 0 Å². The molecule has 6 heteroatoms. The minimum absolute atomic E-state index is 0.766. The van der Waals surface area contributed by atoms with Gasteiger partial charge in [0.15, 0.2) is 11.5 Å². The topological polar surface area (TPSA) is 50.7 Å². The van der Waals surface area contributed by atoms with Crippen LogP contribution in [0.2, 0.25) is 0 Å². The first-order valence-electron chi connectivity index (χ1n) is 7.75. The molecular weight excluding hydrogens is 292 g/mol. The summed E-state index contributed by atoms with van der Waals surface area (Å²) < 4.78 is 10.7. The molecule has 1 fully saturated rings. The van der Waals surface area contributed by atoms with E-state index in [-0.39, 0.29) is 0 Å². The summed E-state index contributed by atoms with van der Waals surface area (Å²) in [5.41, 5.74) is 1.23. The molecule has 2 aromatic rings. The minimum atomic E-state index is 0.766. The van der Waals surface area contributed by atoms with E-state index in [4.69, 9.17) is 9.47 Å². The predicted octanol–water partition coefficient (Wildman–Crippen LogP) is 1.82. The van der Waals surface area contributed by atoms with E-state index < -0.39 is 0 Å². The molecule has 0 N–H and O–H groups in total. The maximum atomic E-state index is 5.37. The number of aromatic nitrogens is 2. The van der Waals surface area contributed by atoms with Gasteiger partial charge < -0.3 is 14.4 Å². The van der Waals surface area contributed by atoms with E-state index in [1.54, 1.807) is 26.6 Å². The highest BCUT2D eigenvalue weighted by Gasteiger charge is 2.19. The monoisotopic (exact) mass is 314 g/mol. The van der Waals surface area contributed by atoms with Gasteiger partial charge in [-0.25, -0.2) is 9.97 Å². The number of hydrogen-bond donors (Lipinski definition) is 0. The summed E-state index contributed by atoms with van der Waals surface area (Å²) in [4.78, 5) is 13.3. The van der Waals surface area contributed by atoms with Crippen LogP contribution >= 0.6 is 0 Å². The molecule has 3 rings (SSSR count). The van der Waals surface area contributed by atoms with Gasteiger partial charge in [-0.05, 0) is 23.8 Å². The molecule has 1 saturated heterocycles. The highest BCUT2D eigenvalue weighted by molar-refractivity contribution is 5.42. The van der Waals surface area contributed by atoms with Crippen molar-refractivity contribution >= 4 is 5.95 Å². The van der Waals surface area contributed by atoms with Gasteiger partial charge in [-0.2, -0.15) is 0 Å². The Hall–Kier alpha value is -2.34. The van der Waals surface area contributed by atoms with Crippen LogP contribution in [0.4, 0.5) is 5.95 Å². The van der Waals surface area contributed by atoms with E-state index in [2.05, 4.69) is 25.8 Å². The molecule has 2 heterocycles. The third kappa shape index (κ3) is 3.71. The molecule has 23 heavy (non-hydrogen) atoms. The maximum Gasteiger partial charge on any atom is 0.225 e. The van der Waals surface area contributed by atoms with Gasteiger partial charge in [0.2, 0.25) is 5.95 Å². The Kier molecular flexibility index (Phi) is 4.92. The number of hydrogen-bond acceptors (Lipinski definition) is 6. The summed E-state index contributed by atoms with van der Waals surface area (Å²) in [5.74, 6) is 2.36. The van der Waals surface area contributed by atoms with Crippen molar-refractivity contribution in [2.75, 3.05) is 45.3 Å². The van der Waals surface area contributed by atoms with Crippen LogP contribution in [0.5, 0.6) is 11.5 Å². The van der Waals surface area contributed by atoms with E-state index in [0.717, 1.165) is 50.2 Å². The van der Waals surface area contributed by atoms with Crippen molar-refractivity contribution in [2.45, 2.75) is 6.54 Å². The maximum absolute atomic E-state index is 5.37. The predicted molar refractivity (Wildman–Crippen MR) is 89.1 cm³/mol. The van der Waals surface area contributed by atoms with E-state index in [0.29, 0.717) is 0 Å². The molecule has 1 aromatic heterocycles. The molecule has 0 radical (unpaired) electrons. The highest BCUT2D eigenvalue weighted by Crippen LogP contribution is 2.28. The second-order valence-electron chi connectivity index (χ2n) is 5.50. The van der Waals surface area contributed by atoms with Gasteiger partial charge in [-0.15, -0.1) is 0 Å². The Bertz CT molecular complexity index is 628. The fourth-order valence-electron chi connectivity index (χ4n) is 2.80. The van der Waals surface area contributed by atoms with Gasteiger partial charge in [-0.3, -0.25) is 4.90 Å². The standard InChI is InChI=1S/C17H22N4O2/c1-22-15-5-4-14(12-16(15)23-2)13-20-8-10-21(11-9-20)17-18-6-3-7-19-17/h3-7,12H,8-11,13H2,1-2H3.